The lowest BCUT2D eigenvalue weighted by molar-refractivity contribution is -0.138. The van der Waals surface area contributed by atoms with Crippen molar-refractivity contribution >= 4 is 35.0 Å². The predicted octanol–water partition coefficient (Wildman–Crippen LogP) is 3.88. The van der Waals surface area contributed by atoms with Gasteiger partial charge in [0.15, 0.2) is 0 Å². The average molecular weight is 308 g/mol. The molecule has 0 aliphatic carbocycles. The molecule has 0 aromatic heterocycles. The highest BCUT2D eigenvalue weighted by molar-refractivity contribution is 7.99. The fourth-order valence-electron chi connectivity index (χ4n) is 1.77. The molecule has 2 aromatic rings. The van der Waals surface area contributed by atoms with E-state index in [0.717, 1.165) is 10.5 Å². The summed E-state index contributed by atoms with van der Waals surface area (Å²) in [5.41, 5.74) is 6.97. The molecule has 2 rings (SSSR count). The molecule has 5 heteroatoms. The molecule has 3 nitrogen and oxygen atoms in total. The maximum absolute atomic E-state index is 11.4. The number of halogens is 1. The number of benzene rings is 2. The lowest BCUT2D eigenvalue weighted by Crippen LogP contribution is -2.14. The van der Waals surface area contributed by atoms with Crippen molar-refractivity contribution in [2.45, 2.75) is 10.8 Å². The first-order valence-corrected chi connectivity index (χ1v) is 7.40. The second-order valence-corrected chi connectivity index (χ2v) is 5.80. The SMILES string of the molecule is Nc1ccc(SCC(C(=O)O)c2ccccc2)cc1Cl. The summed E-state index contributed by atoms with van der Waals surface area (Å²) >= 11 is 7.41. The Kier molecular flexibility index (Phi) is 4.93. The van der Waals surface area contributed by atoms with Crippen LogP contribution in [-0.4, -0.2) is 16.8 Å². The third kappa shape index (κ3) is 3.68. The molecule has 104 valence electrons. The van der Waals surface area contributed by atoms with Gasteiger partial charge in [0.05, 0.1) is 16.6 Å². The highest BCUT2D eigenvalue weighted by Gasteiger charge is 2.19. The van der Waals surface area contributed by atoms with E-state index in [0.29, 0.717) is 16.5 Å². The van der Waals surface area contributed by atoms with Crippen molar-refractivity contribution in [1.29, 1.82) is 0 Å². The third-order valence-corrected chi connectivity index (χ3v) is 4.30. The van der Waals surface area contributed by atoms with Crippen LogP contribution in [0.4, 0.5) is 5.69 Å². The molecule has 1 unspecified atom stereocenters. The molecule has 20 heavy (non-hydrogen) atoms. The van der Waals surface area contributed by atoms with E-state index >= 15 is 0 Å². The number of anilines is 1. The monoisotopic (exact) mass is 307 g/mol. The van der Waals surface area contributed by atoms with Gasteiger partial charge in [0.1, 0.15) is 0 Å². The van der Waals surface area contributed by atoms with Gasteiger partial charge < -0.3 is 10.8 Å². The molecular formula is C15H14ClNO2S. The molecule has 2 aromatic carbocycles. The molecule has 0 saturated heterocycles. The summed E-state index contributed by atoms with van der Waals surface area (Å²) in [5.74, 6) is -0.928. The molecule has 0 aliphatic heterocycles. The summed E-state index contributed by atoms with van der Waals surface area (Å²) in [7, 11) is 0. The Labute approximate surface area is 126 Å². The zero-order valence-electron chi connectivity index (χ0n) is 10.6. The van der Waals surface area contributed by atoms with Crippen LogP contribution in [0.2, 0.25) is 5.02 Å². The first-order valence-electron chi connectivity index (χ1n) is 6.03. The minimum absolute atomic E-state index is 0.444. The molecule has 1 atom stereocenters. The highest BCUT2D eigenvalue weighted by Crippen LogP contribution is 2.30. The van der Waals surface area contributed by atoms with Crippen molar-refractivity contribution in [1.82, 2.24) is 0 Å². The Balaban J connectivity index is 2.10. The van der Waals surface area contributed by atoms with Gasteiger partial charge in [-0.2, -0.15) is 0 Å². The molecule has 0 radical (unpaired) electrons. The number of hydrogen-bond donors (Lipinski definition) is 2. The van der Waals surface area contributed by atoms with E-state index in [1.165, 1.54) is 11.8 Å². The molecule has 0 amide bonds. The first kappa shape index (κ1) is 14.8. The number of hydrogen-bond acceptors (Lipinski definition) is 3. The van der Waals surface area contributed by atoms with Crippen LogP contribution < -0.4 is 5.73 Å². The Hall–Kier alpha value is -1.65. The topological polar surface area (TPSA) is 63.3 Å². The molecule has 0 spiro atoms. The molecule has 0 aliphatic rings. The minimum Gasteiger partial charge on any atom is -0.481 e. The normalized spacial score (nSPS) is 12.1. The number of rotatable bonds is 5. The molecule has 0 bridgehead atoms. The number of aliphatic carboxylic acids is 1. The maximum Gasteiger partial charge on any atom is 0.311 e. The second kappa shape index (κ2) is 6.68. The van der Waals surface area contributed by atoms with E-state index < -0.39 is 11.9 Å². The Morgan fingerprint density at radius 2 is 1.95 bits per heavy atom. The van der Waals surface area contributed by atoms with Gasteiger partial charge in [-0.15, -0.1) is 11.8 Å². The second-order valence-electron chi connectivity index (χ2n) is 4.30. The van der Waals surface area contributed by atoms with Gasteiger partial charge in [0, 0.05) is 10.6 Å². The van der Waals surface area contributed by atoms with Crippen molar-refractivity contribution in [3.63, 3.8) is 0 Å². The van der Waals surface area contributed by atoms with Gasteiger partial charge in [-0.25, -0.2) is 0 Å². The zero-order chi connectivity index (χ0) is 14.5. The maximum atomic E-state index is 11.4. The number of nitrogen functional groups attached to an aromatic ring is 1. The summed E-state index contributed by atoms with van der Waals surface area (Å²) in [6, 6.07) is 14.5. The molecule has 0 fully saturated rings. The lowest BCUT2D eigenvalue weighted by Gasteiger charge is -2.12. The van der Waals surface area contributed by atoms with Crippen LogP contribution in [0.1, 0.15) is 11.5 Å². The Morgan fingerprint density at radius 3 is 2.55 bits per heavy atom. The standard InChI is InChI=1S/C15H14ClNO2S/c16-13-8-11(6-7-14(13)17)20-9-12(15(18)19)10-4-2-1-3-5-10/h1-8,12H,9,17H2,(H,18,19). The minimum atomic E-state index is -0.828. The van der Waals surface area contributed by atoms with Crippen LogP contribution in [0.5, 0.6) is 0 Å². The van der Waals surface area contributed by atoms with Crippen molar-refractivity contribution < 1.29 is 9.90 Å². The van der Waals surface area contributed by atoms with Crippen molar-refractivity contribution in [3.8, 4) is 0 Å². The number of carboxylic acid groups (broad SMARTS) is 1. The van der Waals surface area contributed by atoms with E-state index in [-0.39, 0.29) is 0 Å². The summed E-state index contributed by atoms with van der Waals surface area (Å²) in [6.45, 7) is 0. The smallest absolute Gasteiger partial charge is 0.311 e. The Bertz CT molecular complexity index is 604. The zero-order valence-corrected chi connectivity index (χ0v) is 12.2. The van der Waals surface area contributed by atoms with Crippen molar-refractivity contribution in [2.75, 3.05) is 11.5 Å². The number of carboxylic acids is 1. The molecule has 0 saturated carbocycles. The van der Waals surface area contributed by atoms with E-state index in [4.69, 9.17) is 17.3 Å². The van der Waals surface area contributed by atoms with E-state index in [1.54, 1.807) is 12.1 Å². The van der Waals surface area contributed by atoms with Crippen LogP contribution in [0, 0.1) is 0 Å². The summed E-state index contributed by atoms with van der Waals surface area (Å²) in [5, 5.41) is 9.83. The summed E-state index contributed by atoms with van der Waals surface area (Å²) in [4.78, 5) is 12.3. The number of carbonyl (C=O) groups is 1. The largest absolute Gasteiger partial charge is 0.481 e. The van der Waals surface area contributed by atoms with Crippen LogP contribution in [0.15, 0.2) is 53.4 Å². The predicted molar refractivity (Wildman–Crippen MR) is 83.4 cm³/mol. The lowest BCUT2D eigenvalue weighted by atomic mass is 10.0. The van der Waals surface area contributed by atoms with Gasteiger partial charge in [-0.05, 0) is 23.8 Å². The van der Waals surface area contributed by atoms with Crippen molar-refractivity contribution in [3.05, 3.63) is 59.1 Å². The molecular weight excluding hydrogens is 294 g/mol. The Morgan fingerprint density at radius 1 is 1.25 bits per heavy atom. The van der Waals surface area contributed by atoms with E-state index in [1.807, 2.05) is 36.4 Å². The van der Waals surface area contributed by atoms with Gasteiger partial charge in [-0.1, -0.05) is 41.9 Å². The third-order valence-electron chi connectivity index (χ3n) is 2.89. The number of thioether (sulfide) groups is 1. The van der Waals surface area contributed by atoms with E-state index in [9.17, 15) is 9.90 Å². The quantitative estimate of drug-likeness (QED) is 0.650. The average Bonchev–Trinajstić information content (AvgIpc) is 2.44. The van der Waals surface area contributed by atoms with Gasteiger partial charge in [-0.3, -0.25) is 4.79 Å². The van der Waals surface area contributed by atoms with Crippen LogP contribution in [0.3, 0.4) is 0 Å². The number of nitrogens with two attached hydrogens (primary N) is 1. The molecule has 3 N–H and O–H groups in total. The molecule has 0 heterocycles. The van der Waals surface area contributed by atoms with Gasteiger partial charge in [0.2, 0.25) is 0 Å². The van der Waals surface area contributed by atoms with Crippen LogP contribution in [-0.2, 0) is 4.79 Å². The van der Waals surface area contributed by atoms with Gasteiger partial charge >= 0.3 is 5.97 Å². The van der Waals surface area contributed by atoms with Gasteiger partial charge in [0.25, 0.3) is 0 Å². The van der Waals surface area contributed by atoms with Crippen LogP contribution in [0.25, 0.3) is 0 Å². The first-order chi connectivity index (χ1) is 9.58. The summed E-state index contributed by atoms with van der Waals surface area (Å²) < 4.78 is 0. The highest BCUT2D eigenvalue weighted by atomic mass is 35.5. The fourth-order valence-corrected chi connectivity index (χ4v) is 3.08. The van der Waals surface area contributed by atoms with Crippen molar-refractivity contribution in [2.24, 2.45) is 0 Å². The fraction of sp³-hybridized carbons (Fsp3) is 0.133. The summed E-state index contributed by atoms with van der Waals surface area (Å²) in [6.07, 6.45) is 0. The van der Waals surface area contributed by atoms with E-state index in [2.05, 4.69) is 0 Å². The van der Waals surface area contributed by atoms with Crippen LogP contribution >= 0.6 is 23.4 Å².